The summed E-state index contributed by atoms with van der Waals surface area (Å²) in [7, 11) is 1.82. The molecule has 6 heteroatoms. The molecule has 1 amide bonds. The van der Waals surface area contributed by atoms with E-state index in [1.807, 2.05) is 20.9 Å². The monoisotopic (exact) mass is 295 g/mol. The quantitative estimate of drug-likeness (QED) is 0.946. The van der Waals surface area contributed by atoms with Crippen LogP contribution in [0.25, 0.3) is 0 Å². The van der Waals surface area contributed by atoms with Crippen molar-refractivity contribution in [1.29, 1.82) is 0 Å². The summed E-state index contributed by atoms with van der Waals surface area (Å²) < 4.78 is 15.3. The average Bonchev–Trinajstić information content (AvgIpc) is 2.73. The summed E-state index contributed by atoms with van der Waals surface area (Å²) >= 11 is 5.78. The van der Waals surface area contributed by atoms with Gasteiger partial charge in [0.2, 0.25) is 0 Å². The Balaban J connectivity index is 2.19. The van der Waals surface area contributed by atoms with Gasteiger partial charge in [0.25, 0.3) is 5.91 Å². The first kappa shape index (κ1) is 14.5. The molecule has 2 aromatic rings. The van der Waals surface area contributed by atoms with Crippen LogP contribution in [0.5, 0.6) is 0 Å². The number of hydrogen-bond donors (Lipinski definition) is 1. The second kappa shape index (κ2) is 5.63. The number of amides is 1. The molecule has 0 fully saturated rings. The van der Waals surface area contributed by atoms with Gasteiger partial charge in [0.1, 0.15) is 5.82 Å². The molecule has 106 valence electrons. The van der Waals surface area contributed by atoms with Crippen LogP contribution < -0.4 is 5.32 Å². The van der Waals surface area contributed by atoms with E-state index in [0.717, 1.165) is 11.3 Å². The molecule has 0 saturated carbocycles. The van der Waals surface area contributed by atoms with E-state index in [-0.39, 0.29) is 11.6 Å². The van der Waals surface area contributed by atoms with Crippen LogP contribution in [-0.2, 0) is 7.05 Å². The zero-order valence-corrected chi connectivity index (χ0v) is 12.2. The highest BCUT2D eigenvalue weighted by atomic mass is 35.5. The lowest BCUT2D eigenvalue weighted by Crippen LogP contribution is -2.27. The number of nitrogens with zero attached hydrogens (tertiary/aromatic N) is 2. The molecule has 1 aromatic heterocycles. The standard InChI is InChI=1S/C14H15ClFN3O/c1-8(12-7-17-19(3)9(12)2)18-14(20)11-6-10(15)4-5-13(11)16/h4-8H,1-3H3,(H,18,20). The molecule has 0 radical (unpaired) electrons. The number of carbonyl (C=O) groups excluding carboxylic acids is 1. The molecule has 0 saturated heterocycles. The Bertz CT molecular complexity index is 654. The molecular weight excluding hydrogens is 281 g/mol. The summed E-state index contributed by atoms with van der Waals surface area (Å²) in [5.74, 6) is -1.09. The first-order valence-electron chi connectivity index (χ1n) is 6.14. The smallest absolute Gasteiger partial charge is 0.254 e. The van der Waals surface area contributed by atoms with Gasteiger partial charge in [-0.2, -0.15) is 5.10 Å². The Hall–Kier alpha value is -1.88. The van der Waals surface area contributed by atoms with Gasteiger partial charge in [-0.1, -0.05) is 11.6 Å². The van der Waals surface area contributed by atoms with Crippen LogP contribution in [-0.4, -0.2) is 15.7 Å². The van der Waals surface area contributed by atoms with Crippen LogP contribution >= 0.6 is 11.6 Å². The number of halogens is 2. The fourth-order valence-corrected chi connectivity index (χ4v) is 2.14. The second-order valence-corrected chi connectivity index (χ2v) is 5.06. The molecule has 2 rings (SSSR count). The van der Waals surface area contributed by atoms with Gasteiger partial charge in [-0.15, -0.1) is 0 Å². The third-order valence-corrected chi connectivity index (χ3v) is 3.50. The van der Waals surface area contributed by atoms with Crippen molar-refractivity contribution in [2.45, 2.75) is 19.9 Å². The zero-order valence-electron chi connectivity index (χ0n) is 11.4. The maximum atomic E-state index is 13.6. The Morgan fingerprint density at radius 3 is 2.80 bits per heavy atom. The van der Waals surface area contributed by atoms with Crippen molar-refractivity contribution in [2.75, 3.05) is 0 Å². The van der Waals surface area contributed by atoms with Crippen LogP contribution in [0.15, 0.2) is 24.4 Å². The minimum Gasteiger partial charge on any atom is -0.345 e. The number of benzene rings is 1. The number of carbonyl (C=O) groups is 1. The molecule has 1 unspecified atom stereocenters. The molecule has 4 nitrogen and oxygen atoms in total. The highest BCUT2D eigenvalue weighted by molar-refractivity contribution is 6.31. The van der Waals surface area contributed by atoms with E-state index in [9.17, 15) is 9.18 Å². The van der Waals surface area contributed by atoms with Crippen molar-refractivity contribution in [1.82, 2.24) is 15.1 Å². The first-order chi connectivity index (χ1) is 9.40. The number of aromatic nitrogens is 2. The molecule has 0 aliphatic rings. The predicted octanol–water partition coefficient (Wildman–Crippen LogP) is 3.01. The average molecular weight is 296 g/mol. The van der Waals surface area contributed by atoms with Gasteiger partial charge in [0.05, 0.1) is 17.8 Å². The van der Waals surface area contributed by atoms with E-state index in [0.29, 0.717) is 5.02 Å². The van der Waals surface area contributed by atoms with Gasteiger partial charge < -0.3 is 5.32 Å². The molecule has 0 aliphatic carbocycles. The van der Waals surface area contributed by atoms with Crippen molar-refractivity contribution < 1.29 is 9.18 Å². The van der Waals surface area contributed by atoms with Crippen LogP contribution in [0.1, 0.15) is 34.6 Å². The van der Waals surface area contributed by atoms with E-state index in [4.69, 9.17) is 11.6 Å². The summed E-state index contributed by atoms with van der Waals surface area (Å²) in [5.41, 5.74) is 1.78. The predicted molar refractivity (Wildman–Crippen MR) is 75.2 cm³/mol. The molecular formula is C14H15ClFN3O. The Kier molecular flexibility index (Phi) is 4.09. The summed E-state index contributed by atoms with van der Waals surface area (Å²) in [6.45, 7) is 3.73. The van der Waals surface area contributed by atoms with Gasteiger partial charge >= 0.3 is 0 Å². The Morgan fingerprint density at radius 2 is 2.20 bits per heavy atom. The van der Waals surface area contributed by atoms with Crippen molar-refractivity contribution in [3.63, 3.8) is 0 Å². The van der Waals surface area contributed by atoms with Gasteiger partial charge in [-0.05, 0) is 32.0 Å². The van der Waals surface area contributed by atoms with E-state index in [2.05, 4.69) is 10.4 Å². The normalized spacial score (nSPS) is 12.2. The van der Waals surface area contributed by atoms with Crippen LogP contribution in [0, 0.1) is 12.7 Å². The van der Waals surface area contributed by atoms with Crippen LogP contribution in [0.2, 0.25) is 5.02 Å². The number of rotatable bonds is 3. The molecule has 1 atom stereocenters. The zero-order chi connectivity index (χ0) is 14.9. The molecule has 1 heterocycles. The van der Waals surface area contributed by atoms with Gasteiger partial charge in [-0.3, -0.25) is 9.48 Å². The summed E-state index contributed by atoms with van der Waals surface area (Å²) in [6.07, 6.45) is 1.69. The molecule has 0 bridgehead atoms. The molecule has 20 heavy (non-hydrogen) atoms. The Morgan fingerprint density at radius 1 is 1.50 bits per heavy atom. The van der Waals surface area contributed by atoms with Crippen molar-refractivity contribution >= 4 is 17.5 Å². The summed E-state index contributed by atoms with van der Waals surface area (Å²) in [5, 5.41) is 7.18. The minimum absolute atomic E-state index is 0.0640. The molecule has 0 aliphatic heterocycles. The minimum atomic E-state index is -0.595. The van der Waals surface area contributed by atoms with Crippen LogP contribution in [0.3, 0.4) is 0 Å². The molecule has 0 spiro atoms. The lowest BCUT2D eigenvalue weighted by Gasteiger charge is -2.14. The van der Waals surface area contributed by atoms with Gasteiger partial charge in [-0.25, -0.2) is 4.39 Å². The van der Waals surface area contributed by atoms with E-state index >= 15 is 0 Å². The van der Waals surface area contributed by atoms with E-state index in [1.54, 1.807) is 10.9 Å². The third-order valence-electron chi connectivity index (χ3n) is 3.26. The highest BCUT2D eigenvalue weighted by Gasteiger charge is 2.18. The Labute approximate surface area is 121 Å². The van der Waals surface area contributed by atoms with Crippen LogP contribution in [0.4, 0.5) is 4.39 Å². The third kappa shape index (κ3) is 2.82. The first-order valence-corrected chi connectivity index (χ1v) is 6.52. The van der Waals surface area contributed by atoms with Crippen molar-refractivity contribution in [3.05, 3.63) is 52.1 Å². The van der Waals surface area contributed by atoms with Crippen molar-refractivity contribution in [3.8, 4) is 0 Å². The van der Waals surface area contributed by atoms with Crippen molar-refractivity contribution in [2.24, 2.45) is 7.05 Å². The highest BCUT2D eigenvalue weighted by Crippen LogP contribution is 2.19. The second-order valence-electron chi connectivity index (χ2n) is 4.63. The molecule has 1 N–H and O–H groups in total. The van der Waals surface area contributed by atoms with E-state index < -0.39 is 11.7 Å². The fraction of sp³-hybridized carbons (Fsp3) is 0.286. The van der Waals surface area contributed by atoms with E-state index in [1.165, 1.54) is 18.2 Å². The lowest BCUT2D eigenvalue weighted by atomic mass is 10.1. The largest absolute Gasteiger partial charge is 0.345 e. The SMILES string of the molecule is Cc1c(C(C)NC(=O)c2cc(Cl)ccc2F)cnn1C. The number of aryl methyl sites for hydroxylation is 1. The number of nitrogens with one attached hydrogen (secondary N) is 1. The number of hydrogen-bond acceptors (Lipinski definition) is 2. The maximum Gasteiger partial charge on any atom is 0.254 e. The molecule has 1 aromatic carbocycles. The summed E-state index contributed by atoms with van der Waals surface area (Å²) in [4.78, 5) is 12.1. The van der Waals surface area contributed by atoms with Gasteiger partial charge in [0.15, 0.2) is 0 Å². The topological polar surface area (TPSA) is 46.9 Å². The lowest BCUT2D eigenvalue weighted by molar-refractivity contribution is 0.0935. The fourth-order valence-electron chi connectivity index (χ4n) is 1.96. The van der Waals surface area contributed by atoms with Gasteiger partial charge in [0, 0.05) is 23.3 Å². The maximum absolute atomic E-state index is 13.6. The summed E-state index contributed by atoms with van der Waals surface area (Å²) in [6, 6.07) is 3.63.